The smallest absolute Gasteiger partial charge is 0.343 e. The first kappa shape index (κ1) is 21.9. The van der Waals surface area contributed by atoms with E-state index in [1.54, 1.807) is 29.6 Å². The van der Waals surface area contributed by atoms with Crippen molar-refractivity contribution >= 4 is 35.4 Å². The molecule has 2 aromatic carbocycles. The number of esters is 1. The van der Waals surface area contributed by atoms with Crippen LogP contribution in [0.4, 0.5) is 5.88 Å². The first-order valence-corrected chi connectivity index (χ1v) is 12.0. The zero-order valence-electron chi connectivity index (χ0n) is 17.9. The third-order valence-corrected chi connectivity index (χ3v) is 7.85. The summed E-state index contributed by atoms with van der Waals surface area (Å²) in [6.45, 7) is 2.48. The Hall–Kier alpha value is -2.88. The number of methoxy groups -OCH3 is 1. The van der Waals surface area contributed by atoms with Gasteiger partial charge in [0.05, 0.1) is 20.3 Å². The number of hydrogen-bond donors (Lipinski definition) is 0. The Morgan fingerprint density at radius 1 is 1.03 bits per heavy atom. The first-order valence-electron chi connectivity index (χ1n) is 10.4. The van der Waals surface area contributed by atoms with E-state index in [-0.39, 0.29) is 12.0 Å². The van der Waals surface area contributed by atoms with Crippen LogP contribution in [-0.2, 0) is 14.3 Å². The second-order valence-electron chi connectivity index (χ2n) is 7.41. The molecule has 2 aliphatic heterocycles. The third kappa shape index (κ3) is 4.75. The molecule has 3 aromatic rings. The van der Waals surface area contributed by atoms with Crippen molar-refractivity contribution in [1.29, 1.82) is 0 Å². The van der Waals surface area contributed by atoms with E-state index in [2.05, 4.69) is 4.74 Å². The first-order chi connectivity index (χ1) is 16.1. The highest BCUT2D eigenvalue weighted by Gasteiger charge is 2.23. The van der Waals surface area contributed by atoms with Gasteiger partial charge in [-0.25, -0.2) is 4.79 Å². The zero-order chi connectivity index (χ0) is 22.8. The summed E-state index contributed by atoms with van der Waals surface area (Å²) in [4.78, 5) is 30.1. The predicted octanol–water partition coefficient (Wildman–Crippen LogP) is 4.31. The Morgan fingerprint density at radius 2 is 1.88 bits per heavy atom. The number of anilines is 1. The number of fused-ring (bicyclic) bond motifs is 2. The molecule has 9 heteroatoms. The van der Waals surface area contributed by atoms with E-state index in [1.807, 2.05) is 41.3 Å². The van der Waals surface area contributed by atoms with Crippen LogP contribution in [0.3, 0.4) is 0 Å². The number of carbonyl (C=O) groups is 1. The summed E-state index contributed by atoms with van der Waals surface area (Å²) in [7, 11) is 1.33. The van der Waals surface area contributed by atoms with E-state index in [4.69, 9.17) is 13.9 Å². The summed E-state index contributed by atoms with van der Waals surface area (Å²) < 4.78 is 21.8. The molecule has 1 saturated heterocycles. The average Bonchev–Trinajstić information content (AvgIpc) is 2.85. The van der Waals surface area contributed by atoms with Crippen molar-refractivity contribution in [3.8, 4) is 17.1 Å². The van der Waals surface area contributed by atoms with Gasteiger partial charge in [-0.15, -0.1) is 0 Å². The molecule has 0 spiro atoms. The molecule has 2 aliphatic rings. The van der Waals surface area contributed by atoms with Crippen molar-refractivity contribution in [2.75, 3.05) is 44.9 Å². The van der Waals surface area contributed by atoms with Crippen LogP contribution in [0, 0.1) is 0 Å². The number of rotatable bonds is 5. The van der Waals surface area contributed by atoms with E-state index < -0.39 is 5.97 Å². The summed E-state index contributed by atoms with van der Waals surface area (Å²) in [5.74, 6) is 1.30. The Labute approximate surface area is 199 Å². The predicted molar refractivity (Wildman–Crippen MR) is 126 cm³/mol. The summed E-state index contributed by atoms with van der Waals surface area (Å²) in [5, 5.41) is 0. The minimum Gasteiger partial charge on any atom is -0.482 e. The number of hydrogen-bond acceptors (Lipinski definition) is 9. The van der Waals surface area contributed by atoms with Gasteiger partial charge in [-0.05, 0) is 24.3 Å². The van der Waals surface area contributed by atoms with Gasteiger partial charge in [-0.2, -0.15) is 0 Å². The summed E-state index contributed by atoms with van der Waals surface area (Å²) in [6.07, 6.45) is 0. The average molecular weight is 484 g/mol. The number of carbonyl (C=O) groups excluding carboxylic acids is 1. The fourth-order valence-corrected chi connectivity index (χ4v) is 6.00. The standard InChI is InChI=1S/C24H21NO6S2/c1-28-23(27)14-30-16-5-6-19-21(13-16)32-20-4-2-3-17(24(20)33-19)18-11-15(26)12-22(31-18)25-7-9-29-10-8-25/h2-6,11-13H,7-10,14H2,1H3. The second-order valence-corrected chi connectivity index (χ2v) is 9.54. The van der Waals surface area contributed by atoms with E-state index in [0.29, 0.717) is 43.7 Å². The van der Waals surface area contributed by atoms with Gasteiger partial charge in [-0.3, -0.25) is 4.79 Å². The molecule has 0 unspecified atom stereocenters. The van der Waals surface area contributed by atoms with Crippen LogP contribution in [0.1, 0.15) is 0 Å². The van der Waals surface area contributed by atoms with Gasteiger partial charge in [0.2, 0.25) is 0 Å². The SMILES string of the molecule is COC(=O)COc1ccc2c(c1)Sc1cccc(-c3cc(=O)cc(N4CCOCC4)o3)c1S2. The van der Waals surface area contributed by atoms with Crippen LogP contribution in [-0.4, -0.2) is 46.0 Å². The topological polar surface area (TPSA) is 78.2 Å². The number of ether oxygens (including phenoxy) is 3. The van der Waals surface area contributed by atoms with E-state index in [0.717, 1.165) is 25.1 Å². The van der Waals surface area contributed by atoms with Crippen molar-refractivity contribution in [3.63, 3.8) is 0 Å². The Balaban J connectivity index is 1.45. The lowest BCUT2D eigenvalue weighted by Gasteiger charge is -2.27. The molecule has 3 heterocycles. The van der Waals surface area contributed by atoms with Gasteiger partial charge in [0.25, 0.3) is 0 Å². The van der Waals surface area contributed by atoms with Gasteiger partial charge in [0.15, 0.2) is 17.9 Å². The summed E-state index contributed by atoms with van der Waals surface area (Å²) >= 11 is 3.24. The van der Waals surface area contributed by atoms with E-state index in [1.165, 1.54) is 13.2 Å². The van der Waals surface area contributed by atoms with Crippen molar-refractivity contribution in [1.82, 2.24) is 0 Å². The summed E-state index contributed by atoms with van der Waals surface area (Å²) in [6, 6.07) is 14.8. The lowest BCUT2D eigenvalue weighted by Crippen LogP contribution is -2.36. The Bertz CT molecular complexity index is 1250. The third-order valence-electron chi connectivity index (χ3n) is 5.25. The van der Waals surface area contributed by atoms with Crippen LogP contribution in [0.5, 0.6) is 5.75 Å². The van der Waals surface area contributed by atoms with Crippen LogP contribution in [0.25, 0.3) is 11.3 Å². The minimum atomic E-state index is -0.425. The van der Waals surface area contributed by atoms with E-state index >= 15 is 0 Å². The highest BCUT2D eigenvalue weighted by atomic mass is 32.2. The number of nitrogens with zero attached hydrogens (tertiary/aromatic N) is 1. The maximum atomic E-state index is 12.5. The molecule has 0 saturated carbocycles. The molecule has 5 rings (SSSR count). The highest BCUT2D eigenvalue weighted by molar-refractivity contribution is 8.05. The minimum absolute atomic E-state index is 0.0865. The van der Waals surface area contributed by atoms with Crippen molar-refractivity contribution in [2.45, 2.75) is 19.6 Å². The number of morpholine rings is 1. The fourth-order valence-electron chi connectivity index (χ4n) is 3.60. The quantitative estimate of drug-likeness (QED) is 0.386. The van der Waals surface area contributed by atoms with Crippen LogP contribution >= 0.6 is 23.5 Å². The van der Waals surface area contributed by atoms with E-state index in [9.17, 15) is 9.59 Å². The molecule has 1 aromatic heterocycles. The summed E-state index contributed by atoms with van der Waals surface area (Å²) in [5.41, 5.74) is 0.797. The largest absolute Gasteiger partial charge is 0.482 e. The van der Waals surface area contributed by atoms with Crippen LogP contribution < -0.4 is 15.1 Å². The molecule has 0 aliphatic carbocycles. The molecule has 0 amide bonds. The van der Waals surface area contributed by atoms with Crippen molar-refractivity contribution < 1.29 is 23.4 Å². The van der Waals surface area contributed by atoms with Crippen LogP contribution in [0.2, 0.25) is 0 Å². The zero-order valence-corrected chi connectivity index (χ0v) is 19.5. The van der Waals surface area contributed by atoms with Gasteiger partial charge in [0, 0.05) is 50.4 Å². The monoisotopic (exact) mass is 483 g/mol. The van der Waals surface area contributed by atoms with Crippen molar-refractivity contribution in [3.05, 3.63) is 58.8 Å². The molecule has 0 radical (unpaired) electrons. The molecule has 1 fully saturated rings. The molecule has 0 bridgehead atoms. The highest BCUT2D eigenvalue weighted by Crippen LogP contribution is 2.52. The van der Waals surface area contributed by atoms with Crippen LogP contribution in [0.15, 0.2) is 77.3 Å². The lowest BCUT2D eigenvalue weighted by molar-refractivity contribution is -0.142. The van der Waals surface area contributed by atoms with Gasteiger partial charge < -0.3 is 23.5 Å². The molecular weight excluding hydrogens is 462 g/mol. The normalized spacial score (nSPS) is 14.9. The van der Waals surface area contributed by atoms with Crippen molar-refractivity contribution in [2.24, 2.45) is 0 Å². The van der Waals surface area contributed by atoms with Gasteiger partial charge >= 0.3 is 5.97 Å². The van der Waals surface area contributed by atoms with Gasteiger partial charge in [0.1, 0.15) is 11.5 Å². The fraction of sp³-hybridized carbons (Fsp3) is 0.250. The maximum absolute atomic E-state index is 12.5. The Kier molecular flexibility index (Phi) is 6.34. The molecule has 0 N–H and O–H groups in total. The molecule has 7 nitrogen and oxygen atoms in total. The maximum Gasteiger partial charge on any atom is 0.343 e. The lowest BCUT2D eigenvalue weighted by atomic mass is 10.1. The Morgan fingerprint density at radius 3 is 2.70 bits per heavy atom. The molecule has 33 heavy (non-hydrogen) atoms. The molecule has 170 valence electrons. The molecular formula is C24H21NO6S2. The number of benzene rings is 2. The molecule has 0 atom stereocenters. The van der Waals surface area contributed by atoms with Gasteiger partial charge in [-0.1, -0.05) is 35.7 Å². The second kappa shape index (κ2) is 9.54.